The van der Waals surface area contributed by atoms with E-state index >= 15 is 0 Å². The van der Waals surface area contributed by atoms with Crippen molar-refractivity contribution < 1.29 is 4.42 Å². The number of rotatable bonds is 5. The zero-order valence-electron chi connectivity index (χ0n) is 11.0. The summed E-state index contributed by atoms with van der Waals surface area (Å²) in [5.41, 5.74) is 2.17. The van der Waals surface area contributed by atoms with Crippen molar-refractivity contribution in [3.8, 4) is 12.3 Å². The SMILES string of the molecule is C#CCC(NCCC)c1cc2cc(C)ccc2o1. The van der Waals surface area contributed by atoms with Gasteiger partial charge in [0.15, 0.2) is 0 Å². The number of nitrogens with one attached hydrogen (secondary N) is 1. The van der Waals surface area contributed by atoms with E-state index in [1.165, 1.54) is 5.56 Å². The molecule has 1 aromatic carbocycles. The van der Waals surface area contributed by atoms with Crippen molar-refractivity contribution in [2.45, 2.75) is 32.7 Å². The van der Waals surface area contributed by atoms with Gasteiger partial charge in [0.25, 0.3) is 0 Å². The molecule has 1 heterocycles. The van der Waals surface area contributed by atoms with E-state index in [0.717, 1.165) is 29.7 Å². The Balaban J connectivity index is 2.29. The second-order valence-corrected chi connectivity index (χ2v) is 4.61. The van der Waals surface area contributed by atoms with Crippen LogP contribution < -0.4 is 5.32 Å². The van der Waals surface area contributed by atoms with Gasteiger partial charge in [0, 0.05) is 11.8 Å². The van der Waals surface area contributed by atoms with E-state index in [1.807, 2.05) is 6.07 Å². The van der Waals surface area contributed by atoms with Gasteiger partial charge in [-0.15, -0.1) is 12.3 Å². The van der Waals surface area contributed by atoms with Crippen LogP contribution in [0.5, 0.6) is 0 Å². The van der Waals surface area contributed by atoms with Gasteiger partial charge >= 0.3 is 0 Å². The molecule has 2 nitrogen and oxygen atoms in total. The molecular weight excluding hydrogens is 222 g/mol. The zero-order valence-corrected chi connectivity index (χ0v) is 11.0. The first-order valence-corrected chi connectivity index (χ1v) is 6.41. The first kappa shape index (κ1) is 12.7. The summed E-state index contributed by atoms with van der Waals surface area (Å²) in [5.74, 6) is 3.64. The number of hydrogen-bond acceptors (Lipinski definition) is 2. The Morgan fingerprint density at radius 1 is 1.39 bits per heavy atom. The van der Waals surface area contributed by atoms with Crippen LogP contribution in [-0.4, -0.2) is 6.54 Å². The maximum Gasteiger partial charge on any atom is 0.134 e. The highest BCUT2D eigenvalue weighted by Crippen LogP contribution is 2.26. The fourth-order valence-corrected chi connectivity index (χ4v) is 2.06. The number of aryl methyl sites for hydroxylation is 1. The molecule has 2 aromatic rings. The summed E-state index contributed by atoms with van der Waals surface area (Å²) in [7, 11) is 0. The van der Waals surface area contributed by atoms with Crippen molar-refractivity contribution >= 4 is 11.0 Å². The van der Waals surface area contributed by atoms with Gasteiger partial charge < -0.3 is 9.73 Å². The van der Waals surface area contributed by atoms with E-state index in [0.29, 0.717) is 6.42 Å². The molecule has 94 valence electrons. The molecule has 18 heavy (non-hydrogen) atoms. The van der Waals surface area contributed by atoms with Gasteiger partial charge in [0.1, 0.15) is 11.3 Å². The Morgan fingerprint density at radius 3 is 2.94 bits per heavy atom. The predicted octanol–water partition coefficient (Wildman–Crippen LogP) is 3.81. The third-order valence-electron chi connectivity index (χ3n) is 3.00. The maximum atomic E-state index is 5.88. The lowest BCUT2D eigenvalue weighted by Gasteiger charge is -2.12. The van der Waals surface area contributed by atoms with Crippen LogP contribution in [-0.2, 0) is 0 Å². The second kappa shape index (κ2) is 5.75. The van der Waals surface area contributed by atoms with Gasteiger partial charge in [0.05, 0.1) is 6.04 Å². The Morgan fingerprint density at radius 2 is 2.22 bits per heavy atom. The van der Waals surface area contributed by atoms with E-state index in [4.69, 9.17) is 10.8 Å². The van der Waals surface area contributed by atoms with E-state index in [2.05, 4.69) is 43.3 Å². The lowest BCUT2D eigenvalue weighted by Crippen LogP contribution is -2.21. The standard InChI is InChI=1S/C16H19NO/c1-4-6-14(17-9-5-2)16-11-13-10-12(3)7-8-15(13)18-16/h1,7-8,10-11,14,17H,5-6,9H2,2-3H3. The summed E-state index contributed by atoms with van der Waals surface area (Å²) in [6, 6.07) is 8.41. The molecule has 0 aliphatic carbocycles. The summed E-state index contributed by atoms with van der Waals surface area (Å²) < 4.78 is 5.88. The minimum absolute atomic E-state index is 0.114. The number of terminal acetylenes is 1. The smallest absolute Gasteiger partial charge is 0.134 e. The number of furan rings is 1. The van der Waals surface area contributed by atoms with Crippen LogP contribution in [0.1, 0.15) is 37.1 Å². The van der Waals surface area contributed by atoms with Gasteiger partial charge in [-0.3, -0.25) is 0 Å². The molecule has 0 amide bonds. The van der Waals surface area contributed by atoms with Crippen LogP contribution in [0.4, 0.5) is 0 Å². The molecule has 1 atom stereocenters. The molecule has 1 N–H and O–H groups in total. The monoisotopic (exact) mass is 241 g/mol. The Bertz CT molecular complexity index is 562. The molecule has 1 aromatic heterocycles. The van der Waals surface area contributed by atoms with Crippen LogP contribution >= 0.6 is 0 Å². The normalized spacial score (nSPS) is 12.5. The van der Waals surface area contributed by atoms with Crippen LogP contribution in [0, 0.1) is 19.3 Å². The van der Waals surface area contributed by atoms with Crippen LogP contribution in [0.25, 0.3) is 11.0 Å². The molecule has 0 aliphatic heterocycles. The minimum atomic E-state index is 0.114. The fourth-order valence-electron chi connectivity index (χ4n) is 2.06. The second-order valence-electron chi connectivity index (χ2n) is 4.61. The Labute approximate surface area is 108 Å². The molecule has 0 radical (unpaired) electrons. The third-order valence-corrected chi connectivity index (χ3v) is 3.00. The average Bonchev–Trinajstić information content (AvgIpc) is 2.77. The highest BCUT2D eigenvalue weighted by atomic mass is 16.3. The number of benzene rings is 1. The first-order chi connectivity index (χ1) is 8.74. The summed E-state index contributed by atoms with van der Waals surface area (Å²) in [5, 5.41) is 4.57. The van der Waals surface area contributed by atoms with E-state index in [9.17, 15) is 0 Å². The lowest BCUT2D eigenvalue weighted by molar-refractivity contribution is 0.435. The summed E-state index contributed by atoms with van der Waals surface area (Å²) in [4.78, 5) is 0. The summed E-state index contributed by atoms with van der Waals surface area (Å²) in [6.07, 6.45) is 7.16. The van der Waals surface area contributed by atoms with Crippen molar-refractivity contribution in [1.82, 2.24) is 5.32 Å². The summed E-state index contributed by atoms with van der Waals surface area (Å²) in [6.45, 7) is 5.17. The molecule has 0 spiro atoms. The van der Waals surface area contributed by atoms with Crippen molar-refractivity contribution in [3.05, 3.63) is 35.6 Å². The first-order valence-electron chi connectivity index (χ1n) is 6.41. The molecule has 0 saturated heterocycles. The highest BCUT2D eigenvalue weighted by Gasteiger charge is 2.14. The van der Waals surface area contributed by atoms with Crippen LogP contribution in [0.2, 0.25) is 0 Å². The van der Waals surface area contributed by atoms with E-state index < -0.39 is 0 Å². The average molecular weight is 241 g/mol. The van der Waals surface area contributed by atoms with Crippen molar-refractivity contribution in [2.75, 3.05) is 6.54 Å². The van der Waals surface area contributed by atoms with E-state index in [1.54, 1.807) is 0 Å². The van der Waals surface area contributed by atoms with Crippen molar-refractivity contribution in [2.24, 2.45) is 0 Å². The molecule has 2 rings (SSSR count). The van der Waals surface area contributed by atoms with Gasteiger partial charge in [-0.2, -0.15) is 0 Å². The number of fused-ring (bicyclic) bond motifs is 1. The number of hydrogen-bond donors (Lipinski definition) is 1. The zero-order chi connectivity index (χ0) is 13.0. The van der Waals surface area contributed by atoms with Crippen molar-refractivity contribution in [1.29, 1.82) is 0 Å². The molecular formula is C16H19NO. The van der Waals surface area contributed by atoms with Crippen LogP contribution in [0.15, 0.2) is 28.7 Å². The largest absolute Gasteiger partial charge is 0.459 e. The van der Waals surface area contributed by atoms with Gasteiger partial charge in [0.2, 0.25) is 0 Å². The predicted molar refractivity (Wildman–Crippen MR) is 75.4 cm³/mol. The van der Waals surface area contributed by atoms with Crippen molar-refractivity contribution in [3.63, 3.8) is 0 Å². The molecule has 0 bridgehead atoms. The van der Waals surface area contributed by atoms with Gasteiger partial charge in [-0.25, -0.2) is 0 Å². The quantitative estimate of drug-likeness (QED) is 0.805. The molecule has 1 unspecified atom stereocenters. The third kappa shape index (κ3) is 2.75. The molecule has 0 saturated carbocycles. The molecule has 0 fully saturated rings. The molecule has 0 aliphatic rings. The Hall–Kier alpha value is -1.72. The highest BCUT2D eigenvalue weighted by molar-refractivity contribution is 5.78. The lowest BCUT2D eigenvalue weighted by atomic mass is 10.1. The summed E-state index contributed by atoms with van der Waals surface area (Å²) >= 11 is 0. The minimum Gasteiger partial charge on any atom is -0.459 e. The van der Waals surface area contributed by atoms with Gasteiger partial charge in [-0.1, -0.05) is 18.6 Å². The van der Waals surface area contributed by atoms with Gasteiger partial charge in [-0.05, 0) is 38.1 Å². The molecule has 2 heteroatoms. The topological polar surface area (TPSA) is 25.2 Å². The van der Waals surface area contributed by atoms with E-state index in [-0.39, 0.29) is 6.04 Å². The maximum absolute atomic E-state index is 5.88. The fraction of sp³-hybridized carbons (Fsp3) is 0.375. The Kier molecular flexibility index (Phi) is 4.07. The van der Waals surface area contributed by atoms with Crippen LogP contribution in [0.3, 0.4) is 0 Å².